The molecule has 1 N–H and O–H groups in total. The number of nitrogens with zero attached hydrogens (tertiary/aromatic N) is 2. The lowest BCUT2D eigenvalue weighted by molar-refractivity contribution is -0.125. The summed E-state index contributed by atoms with van der Waals surface area (Å²) >= 11 is 6.00. The summed E-state index contributed by atoms with van der Waals surface area (Å²) in [6.45, 7) is 5.30. The lowest BCUT2D eigenvalue weighted by Crippen LogP contribution is -2.40. The van der Waals surface area contributed by atoms with E-state index in [0.717, 1.165) is 18.5 Å². The van der Waals surface area contributed by atoms with E-state index in [2.05, 4.69) is 10.3 Å². The molecule has 112 valence electrons. The molecule has 0 saturated heterocycles. The Morgan fingerprint density at radius 1 is 1.43 bits per heavy atom. The summed E-state index contributed by atoms with van der Waals surface area (Å²) in [5.41, 5.74) is 0.321. The van der Waals surface area contributed by atoms with Crippen molar-refractivity contribution in [2.24, 2.45) is 0 Å². The molecule has 0 spiro atoms. The first kappa shape index (κ1) is 15.6. The average molecular weight is 306 g/mol. The van der Waals surface area contributed by atoms with Crippen molar-refractivity contribution in [1.29, 1.82) is 0 Å². The summed E-state index contributed by atoms with van der Waals surface area (Å²) in [5.74, 6) is 0.00963. The predicted octanol–water partition coefficient (Wildman–Crippen LogP) is 3.02. The van der Waals surface area contributed by atoms with Crippen molar-refractivity contribution >= 4 is 17.5 Å². The molecular weight excluding hydrogens is 286 g/mol. The van der Waals surface area contributed by atoms with E-state index in [1.165, 1.54) is 0 Å². The van der Waals surface area contributed by atoms with E-state index in [-0.39, 0.29) is 5.91 Å². The summed E-state index contributed by atoms with van der Waals surface area (Å²) in [6, 6.07) is 7.44. The fourth-order valence-corrected chi connectivity index (χ4v) is 2.30. The molecule has 0 fully saturated rings. The second-order valence-electron chi connectivity index (χ2n) is 5.55. The fourth-order valence-electron chi connectivity index (χ4n) is 2.11. The van der Waals surface area contributed by atoms with Crippen LogP contribution in [0, 0.1) is 0 Å². The number of aromatic nitrogens is 2. The van der Waals surface area contributed by atoms with Crippen molar-refractivity contribution in [2.75, 3.05) is 6.54 Å². The number of carbonyl (C=O) groups is 1. The molecule has 4 nitrogen and oxygen atoms in total. The van der Waals surface area contributed by atoms with Crippen molar-refractivity contribution < 1.29 is 4.79 Å². The van der Waals surface area contributed by atoms with E-state index in [4.69, 9.17) is 11.6 Å². The van der Waals surface area contributed by atoms with Crippen molar-refractivity contribution in [3.05, 3.63) is 53.6 Å². The molecule has 1 aromatic heterocycles. The Kier molecular flexibility index (Phi) is 5.02. The van der Waals surface area contributed by atoms with Crippen LogP contribution in [0.25, 0.3) is 0 Å². The van der Waals surface area contributed by atoms with Gasteiger partial charge in [0.05, 0.1) is 11.7 Å². The van der Waals surface area contributed by atoms with Gasteiger partial charge in [-0.1, -0.05) is 23.7 Å². The van der Waals surface area contributed by atoms with Gasteiger partial charge in [-0.25, -0.2) is 4.98 Å². The molecular formula is C16H20ClN3O. The highest BCUT2D eigenvalue weighted by atomic mass is 35.5. The van der Waals surface area contributed by atoms with Gasteiger partial charge in [-0.2, -0.15) is 0 Å². The Bertz CT molecular complexity index is 593. The van der Waals surface area contributed by atoms with Gasteiger partial charge in [-0.3, -0.25) is 4.79 Å². The predicted molar refractivity (Wildman–Crippen MR) is 84.3 cm³/mol. The second kappa shape index (κ2) is 6.76. The molecule has 21 heavy (non-hydrogen) atoms. The van der Waals surface area contributed by atoms with Crippen LogP contribution in [0.3, 0.4) is 0 Å². The van der Waals surface area contributed by atoms with Crippen molar-refractivity contribution in [3.8, 4) is 0 Å². The van der Waals surface area contributed by atoms with Crippen LogP contribution in [0.5, 0.6) is 0 Å². The van der Waals surface area contributed by atoms with Crippen molar-refractivity contribution in [3.63, 3.8) is 0 Å². The minimum atomic E-state index is -0.597. The summed E-state index contributed by atoms with van der Waals surface area (Å²) in [7, 11) is 0. The first-order valence-electron chi connectivity index (χ1n) is 7.00. The Morgan fingerprint density at radius 2 is 2.24 bits per heavy atom. The lowest BCUT2D eigenvalue weighted by Gasteiger charge is -2.24. The smallest absolute Gasteiger partial charge is 0.230 e. The van der Waals surface area contributed by atoms with Gasteiger partial charge in [-0.05, 0) is 38.0 Å². The Labute approximate surface area is 130 Å². The summed E-state index contributed by atoms with van der Waals surface area (Å²) in [4.78, 5) is 16.4. The average Bonchev–Trinajstić information content (AvgIpc) is 2.96. The number of hydrogen-bond donors (Lipinski definition) is 1. The standard InChI is InChI=1S/C16H20ClN3O/c1-16(2,13-5-3-6-14(17)11-13)15(21)19-7-4-9-20-10-8-18-12-20/h3,5-6,8,10-12H,4,7,9H2,1-2H3,(H,19,21). The van der Waals surface area contributed by atoms with Crippen molar-refractivity contribution in [2.45, 2.75) is 32.2 Å². The minimum Gasteiger partial charge on any atom is -0.355 e. The third kappa shape index (κ3) is 4.08. The zero-order valence-electron chi connectivity index (χ0n) is 12.3. The van der Waals surface area contributed by atoms with Gasteiger partial charge >= 0.3 is 0 Å². The largest absolute Gasteiger partial charge is 0.355 e. The Hall–Kier alpha value is -1.81. The van der Waals surface area contributed by atoms with Gasteiger partial charge in [0.15, 0.2) is 0 Å². The van der Waals surface area contributed by atoms with Crippen LogP contribution in [-0.4, -0.2) is 22.0 Å². The number of carbonyl (C=O) groups excluding carboxylic acids is 1. The number of aryl methyl sites for hydroxylation is 1. The quantitative estimate of drug-likeness (QED) is 0.834. The Balaban J connectivity index is 1.86. The molecule has 0 aliphatic heterocycles. The summed E-state index contributed by atoms with van der Waals surface area (Å²) < 4.78 is 1.99. The third-order valence-corrected chi connectivity index (χ3v) is 3.79. The minimum absolute atomic E-state index is 0.00963. The van der Waals surface area contributed by atoms with Crippen LogP contribution in [0.15, 0.2) is 43.0 Å². The number of rotatable bonds is 6. The van der Waals surface area contributed by atoms with Gasteiger partial charge in [0, 0.05) is 30.5 Å². The van der Waals surface area contributed by atoms with Gasteiger partial charge < -0.3 is 9.88 Å². The zero-order chi connectivity index (χ0) is 15.3. The van der Waals surface area contributed by atoms with E-state index >= 15 is 0 Å². The number of imidazole rings is 1. The van der Waals surface area contributed by atoms with Gasteiger partial charge in [0.25, 0.3) is 0 Å². The number of nitrogens with one attached hydrogen (secondary N) is 1. The number of amides is 1. The molecule has 2 aromatic rings. The maximum atomic E-state index is 12.4. The highest BCUT2D eigenvalue weighted by molar-refractivity contribution is 6.30. The van der Waals surface area contributed by atoms with E-state index in [0.29, 0.717) is 11.6 Å². The van der Waals surface area contributed by atoms with Crippen LogP contribution in [-0.2, 0) is 16.8 Å². The molecule has 5 heteroatoms. The zero-order valence-corrected chi connectivity index (χ0v) is 13.1. The normalized spacial score (nSPS) is 11.4. The van der Waals surface area contributed by atoms with E-state index in [1.54, 1.807) is 12.5 Å². The fraction of sp³-hybridized carbons (Fsp3) is 0.375. The molecule has 0 saturated carbocycles. The SMILES string of the molecule is CC(C)(C(=O)NCCCn1ccnc1)c1cccc(Cl)c1. The summed E-state index contributed by atoms with van der Waals surface area (Å²) in [5, 5.41) is 3.63. The first-order chi connectivity index (χ1) is 10.00. The first-order valence-corrected chi connectivity index (χ1v) is 7.38. The lowest BCUT2D eigenvalue weighted by atomic mass is 9.84. The van der Waals surface area contributed by atoms with Gasteiger partial charge in [0.2, 0.25) is 5.91 Å². The van der Waals surface area contributed by atoms with E-state index in [1.807, 2.05) is 48.9 Å². The molecule has 2 rings (SSSR count). The van der Waals surface area contributed by atoms with Gasteiger partial charge in [-0.15, -0.1) is 0 Å². The number of halogens is 1. The Morgan fingerprint density at radius 3 is 2.90 bits per heavy atom. The topological polar surface area (TPSA) is 46.9 Å². The van der Waals surface area contributed by atoms with Crippen LogP contribution in [0.2, 0.25) is 5.02 Å². The van der Waals surface area contributed by atoms with Crippen LogP contribution >= 0.6 is 11.6 Å². The third-order valence-electron chi connectivity index (χ3n) is 3.55. The molecule has 0 unspecified atom stereocenters. The molecule has 0 radical (unpaired) electrons. The van der Waals surface area contributed by atoms with Crippen LogP contribution in [0.4, 0.5) is 0 Å². The highest BCUT2D eigenvalue weighted by Gasteiger charge is 2.29. The highest BCUT2D eigenvalue weighted by Crippen LogP contribution is 2.25. The van der Waals surface area contributed by atoms with E-state index < -0.39 is 5.41 Å². The van der Waals surface area contributed by atoms with Crippen LogP contribution < -0.4 is 5.32 Å². The van der Waals surface area contributed by atoms with Gasteiger partial charge in [0.1, 0.15) is 0 Å². The number of benzene rings is 1. The molecule has 1 amide bonds. The van der Waals surface area contributed by atoms with Crippen LogP contribution in [0.1, 0.15) is 25.8 Å². The second-order valence-corrected chi connectivity index (χ2v) is 5.98. The molecule has 1 heterocycles. The molecule has 1 aromatic carbocycles. The van der Waals surface area contributed by atoms with E-state index in [9.17, 15) is 4.79 Å². The molecule has 0 atom stereocenters. The maximum absolute atomic E-state index is 12.4. The molecule has 0 aliphatic carbocycles. The molecule has 0 aliphatic rings. The summed E-state index contributed by atoms with van der Waals surface area (Å²) in [6.07, 6.45) is 6.31. The van der Waals surface area contributed by atoms with Crippen molar-refractivity contribution in [1.82, 2.24) is 14.9 Å². The number of hydrogen-bond acceptors (Lipinski definition) is 2. The monoisotopic (exact) mass is 305 g/mol. The maximum Gasteiger partial charge on any atom is 0.230 e. The molecule has 0 bridgehead atoms.